The summed E-state index contributed by atoms with van der Waals surface area (Å²) in [7, 11) is 0. The molecule has 0 aliphatic heterocycles. The molecule has 1 aromatic heterocycles. The Hall–Kier alpha value is -2.54. The molecular weight excluding hydrogens is 344 g/mol. The van der Waals surface area contributed by atoms with Gasteiger partial charge in [-0.05, 0) is 31.0 Å². The summed E-state index contributed by atoms with van der Waals surface area (Å²) in [6.45, 7) is -0.416. The SMILES string of the molecule is Nc1ccc(Cl)cc1C(=O)OCC(=O)Nc1ccnn1C1CCCC1. The highest BCUT2D eigenvalue weighted by Gasteiger charge is 2.21. The van der Waals surface area contributed by atoms with Crippen LogP contribution in [0.3, 0.4) is 0 Å². The minimum absolute atomic E-state index is 0.135. The molecular formula is C17H19ClN4O3. The average molecular weight is 363 g/mol. The summed E-state index contributed by atoms with van der Waals surface area (Å²) in [6.07, 6.45) is 6.07. The van der Waals surface area contributed by atoms with Crippen LogP contribution in [-0.2, 0) is 9.53 Å². The molecule has 0 unspecified atom stereocenters. The van der Waals surface area contributed by atoms with E-state index in [0.717, 1.165) is 25.7 Å². The smallest absolute Gasteiger partial charge is 0.340 e. The first-order valence-corrected chi connectivity index (χ1v) is 8.48. The van der Waals surface area contributed by atoms with Gasteiger partial charge in [-0.25, -0.2) is 9.48 Å². The number of hydrogen-bond acceptors (Lipinski definition) is 5. The van der Waals surface area contributed by atoms with E-state index in [-0.39, 0.29) is 11.3 Å². The van der Waals surface area contributed by atoms with Gasteiger partial charge in [-0.3, -0.25) is 4.79 Å². The van der Waals surface area contributed by atoms with E-state index in [0.29, 0.717) is 16.9 Å². The van der Waals surface area contributed by atoms with Gasteiger partial charge in [0.05, 0.1) is 17.8 Å². The number of benzene rings is 1. The zero-order chi connectivity index (χ0) is 17.8. The molecule has 25 heavy (non-hydrogen) atoms. The molecule has 1 heterocycles. The largest absolute Gasteiger partial charge is 0.452 e. The van der Waals surface area contributed by atoms with Crippen molar-refractivity contribution in [1.82, 2.24) is 9.78 Å². The molecule has 3 N–H and O–H groups in total. The van der Waals surface area contributed by atoms with Gasteiger partial charge in [0.15, 0.2) is 6.61 Å². The van der Waals surface area contributed by atoms with Crippen LogP contribution in [0.2, 0.25) is 5.02 Å². The van der Waals surface area contributed by atoms with Crippen LogP contribution in [0.5, 0.6) is 0 Å². The molecule has 1 fully saturated rings. The summed E-state index contributed by atoms with van der Waals surface area (Å²) in [5, 5.41) is 7.37. The molecule has 0 radical (unpaired) electrons. The van der Waals surface area contributed by atoms with Gasteiger partial charge in [-0.2, -0.15) is 5.10 Å². The van der Waals surface area contributed by atoms with Crippen LogP contribution in [-0.4, -0.2) is 28.3 Å². The van der Waals surface area contributed by atoms with E-state index in [9.17, 15) is 9.59 Å². The van der Waals surface area contributed by atoms with E-state index in [2.05, 4.69) is 10.4 Å². The fraction of sp³-hybridized carbons (Fsp3) is 0.353. The standard InChI is InChI=1S/C17H19ClN4O3/c18-11-5-6-14(19)13(9-11)17(24)25-10-16(23)21-15-7-8-20-22(15)12-3-1-2-4-12/h5-9,12H,1-4,10,19H2,(H,21,23). The predicted octanol–water partition coefficient (Wildman–Crippen LogP) is 3.03. The Bertz CT molecular complexity index is 784. The summed E-state index contributed by atoms with van der Waals surface area (Å²) in [5.41, 5.74) is 6.10. The van der Waals surface area contributed by atoms with E-state index in [1.807, 2.05) is 4.68 Å². The van der Waals surface area contributed by atoms with Crippen molar-refractivity contribution < 1.29 is 14.3 Å². The first-order chi connectivity index (χ1) is 12.0. The van der Waals surface area contributed by atoms with Crippen molar-refractivity contribution in [2.45, 2.75) is 31.7 Å². The van der Waals surface area contributed by atoms with E-state index >= 15 is 0 Å². The van der Waals surface area contributed by atoms with Crippen molar-refractivity contribution in [1.29, 1.82) is 0 Å². The van der Waals surface area contributed by atoms with Gasteiger partial charge in [0.25, 0.3) is 5.91 Å². The third-order valence-electron chi connectivity index (χ3n) is 4.18. The molecule has 8 heteroatoms. The van der Waals surface area contributed by atoms with Crippen molar-refractivity contribution in [3.63, 3.8) is 0 Å². The lowest BCUT2D eigenvalue weighted by atomic mass is 10.2. The number of anilines is 2. The second kappa shape index (κ2) is 7.57. The molecule has 7 nitrogen and oxygen atoms in total. The van der Waals surface area contributed by atoms with Crippen molar-refractivity contribution in [2.24, 2.45) is 0 Å². The topological polar surface area (TPSA) is 99.2 Å². The molecule has 132 valence electrons. The molecule has 1 amide bonds. The maximum absolute atomic E-state index is 12.1. The summed E-state index contributed by atoms with van der Waals surface area (Å²) in [4.78, 5) is 24.1. The molecule has 1 aliphatic rings. The van der Waals surface area contributed by atoms with Gasteiger partial charge in [0.2, 0.25) is 0 Å². The fourth-order valence-corrected chi connectivity index (χ4v) is 3.12. The lowest BCUT2D eigenvalue weighted by molar-refractivity contribution is -0.119. The molecule has 0 saturated heterocycles. The van der Waals surface area contributed by atoms with Gasteiger partial charge < -0.3 is 15.8 Å². The Kier molecular flexibility index (Phi) is 5.23. The molecule has 0 bridgehead atoms. The van der Waals surface area contributed by atoms with E-state index in [4.69, 9.17) is 22.1 Å². The number of hydrogen-bond donors (Lipinski definition) is 2. The number of amides is 1. The second-order valence-corrected chi connectivity index (χ2v) is 6.39. The first-order valence-electron chi connectivity index (χ1n) is 8.10. The highest BCUT2D eigenvalue weighted by Crippen LogP contribution is 2.31. The summed E-state index contributed by atoms with van der Waals surface area (Å²) in [6, 6.07) is 6.53. The van der Waals surface area contributed by atoms with Crippen LogP contribution < -0.4 is 11.1 Å². The predicted molar refractivity (Wildman–Crippen MR) is 94.5 cm³/mol. The summed E-state index contributed by atoms with van der Waals surface area (Å²) < 4.78 is 6.84. The number of ether oxygens (including phenoxy) is 1. The minimum atomic E-state index is -0.695. The van der Waals surface area contributed by atoms with E-state index < -0.39 is 18.5 Å². The lowest BCUT2D eigenvalue weighted by Gasteiger charge is -2.14. The van der Waals surface area contributed by atoms with E-state index in [1.54, 1.807) is 18.3 Å². The summed E-state index contributed by atoms with van der Waals surface area (Å²) >= 11 is 5.85. The molecule has 1 saturated carbocycles. The van der Waals surface area contributed by atoms with Gasteiger partial charge in [0.1, 0.15) is 5.82 Å². The average Bonchev–Trinajstić information content (AvgIpc) is 3.26. The Morgan fingerprint density at radius 2 is 2.08 bits per heavy atom. The number of carbonyl (C=O) groups excluding carboxylic acids is 2. The maximum Gasteiger partial charge on any atom is 0.340 e. The number of esters is 1. The van der Waals surface area contributed by atoms with Gasteiger partial charge in [-0.15, -0.1) is 0 Å². The minimum Gasteiger partial charge on any atom is -0.452 e. The number of nitrogens with one attached hydrogen (secondary N) is 1. The van der Waals surface area contributed by atoms with Crippen LogP contribution in [0.15, 0.2) is 30.5 Å². The van der Waals surface area contributed by atoms with Crippen LogP contribution >= 0.6 is 11.6 Å². The monoisotopic (exact) mass is 362 g/mol. The number of nitrogens with two attached hydrogens (primary N) is 1. The number of nitrogens with zero attached hydrogens (tertiary/aromatic N) is 2. The zero-order valence-electron chi connectivity index (χ0n) is 13.6. The third kappa shape index (κ3) is 4.11. The zero-order valence-corrected chi connectivity index (χ0v) is 14.3. The number of halogens is 1. The number of aromatic nitrogens is 2. The van der Waals surface area contributed by atoms with Crippen molar-refractivity contribution in [3.8, 4) is 0 Å². The summed E-state index contributed by atoms with van der Waals surface area (Å²) in [5.74, 6) is -0.525. The molecule has 3 rings (SSSR count). The Morgan fingerprint density at radius 3 is 2.84 bits per heavy atom. The quantitative estimate of drug-likeness (QED) is 0.629. The number of nitrogen functional groups attached to an aromatic ring is 1. The Labute approximate surface area is 150 Å². The van der Waals surface area contributed by atoms with Gasteiger partial charge in [-0.1, -0.05) is 24.4 Å². The molecule has 0 atom stereocenters. The second-order valence-electron chi connectivity index (χ2n) is 5.96. The Morgan fingerprint density at radius 1 is 1.32 bits per heavy atom. The highest BCUT2D eigenvalue weighted by atomic mass is 35.5. The van der Waals surface area contributed by atoms with Gasteiger partial charge >= 0.3 is 5.97 Å². The number of carbonyl (C=O) groups is 2. The third-order valence-corrected chi connectivity index (χ3v) is 4.41. The van der Waals surface area contributed by atoms with E-state index in [1.165, 1.54) is 12.1 Å². The molecule has 2 aromatic rings. The molecule has 1 aliphatic carbocycles. The normalized spacial score (nSPS) is 14.4. The van der Waals surface area contributed by atoms with Gasteiger partial charge in [0, 0.05) is 16.8 Å². The van der Waals surface area contributed by atoms with Crippen molar-refractivity contribution in [3.05, 3.63) is 41.0 Å². The fourth-order valence-electron chi connectivity index (χ4n) is 2.95. The van der Waals surface area contributed by atoms with Crippen LogP contribution in [0, 0.1) is 0 Å². The number of rotatable bonds is 5. The lowest BCUT2D eigenvalue weighted by Crippen LogP contribution is -2.23. The van der Waals surface area contributed by atoms with Crippen molar-refractivity contribution in [2.75, 3.05) is 17.7 Å². The molecule has 1 aromatic carbocycles. The Balaban J connectivity index is 1.57. The molecule has 0 spiro atoms. The highest BCUT2D eigenvalue weighted by molar-refractivity contribution is 6.31. The van der Waals surface area contributed by atoms with Crippen molar-refractivity contribution >= 4 is 35.0 Å². The van der Waals surface area contributed by atoms with Crippen LogP contribution in [0.25, 0.3) is 0 Å². The first kappa shape index (κ1) is 17.3. The maximum atomic E-state index is 12.1. The van der Waals surface area contributed by atoms with Crippen LogP contribution in [0.4, 0.5) is 11.5 Å². The van der Waals surface area contributed by atoms with Crippen LogP contribution in [0.1, 0.15) is 42.1 Å².